The number of carbonyl (C=O) groups is 1. The van der Waals surface area contributed by atoms with Gasteiger partial charge in [-0.25, -0.2) is 4.98 Å². The van der Waals surface area contributed by atoms with Crippen molar-refractivity contribution in [3.63, 3.8) is 0 Å². The summed E-state index contributed by atoms with van der Waals surface area (Å²) in [5, 5.41) is 11.8. The molecule has 0 saturated heterocycles. The van der Waals surface area contributed by atoms with E-state index >= 15 is 0 Å². The number of rotatable bonds is 2. The highest BCUT2D eigenvalue weighted by Crippen LogP contribution is 2.39. The number of fused-ring (bicyclic) bond motifs is 1. The molecule has 0 spiro atoms. The van der Waals surface area contributed by atoms with Gasteiger partial charge in [-0.05, 0) is 19.1 Å². The standard InChI is InChI=1S/C13H12N2O2S2/c1-7-6-18-13(14-7)19-8-3-4-9-10(5-8)15(2)12(17)11(9)16/h3-6,11,16H,1-2H3. The minimum atomic E-state index is -1.03. The minimum absolute atomic E-state index is 0.276. The highest BCUT2D eigenvalue weighted by atomic mass is 32.2. The summed E-state index contributed by atoms with van der Waals surface area (Å²) >= 11 is 3.17. The Hall–Kier alpha value is -1.37. The normalized spacial score (nSPS) is 17.9. The lowest BCUT2D eigenvalue weighted by atomic mass is 10.1. The van der Waals surface area contributed by atoms with Crippen molar-refractivity contribution in [2.24, 2.45) is 0 Å². The van der Waals surface area contributed by atoms with E-state index in [1.54, 1.807) is 30.1 Å². The molecule has 2 heterocycles. The highest BCUT2D eigenvalue weighted by Gasteiger charge is 2.33. The van der Waals surface area contributed by atoms with Gasteiger partial charge in [-0.15, -0.1) is 11.3 Å². The molecule has 1 aliphatic rings. The zero-order valence-electron chi connectivity index (χ0n) is 10.5. The average Bonchev–Trinajstić information content (AvgIpc) is 2.89. The van der Waals surface area contributed by atoms with Gasteiger partial charge in [-0.3, -0.25) is 4.79 Å². The number of hydrogen-bond donors (Lipinski definition) is 1. The number of amides is 1. The van der Waals surface area contributed by atoms with Gasteiger partial charge in [0.15, 0.2) is 10.4 Å². The van der Waals surface area contributed by atoms with Crippen LogP contribution < -0.4 is 4.90 Å². The van der Waals surface area contributed by atoms with Crippen LogP contribution >= 0.6 is 23.1 Å². The largest absolute Gasteiger partial charge is 0.378 e. The molecule has 1 amide bonds. The van der Waals surface area contributed by atoms with Crippen molar-refractivity contribution in [3.8, 4) is 0 Å². The van der Waals surface area contributed by atoms with Crippen LogP contribution in [0.1, 0.15) is 17.4 Å². The second kappa shape index (κ2) is 4.63. The number of likely N-dealkylation sites (N-methyl/N-ethyl adjacent to an activating group) is 1. The first-order valence-corrected chi connectivity index (χ1v) is 7.45. The molecule has 0 saturated carbocycles. The Bertz CT molecular complexity index is 654. The van der Waals surface area contributed by atoms with Crippen molar-refractivity contribution in [2.75, 3.05) is 11.9 Å². The first-order chi connectivity index (χ1) is 9.06. The Morgan fingerprint density at radius 3 is 2.95 bits per heavy atom. The van der Waals surface area contributed by atoms with Crippen LogP contribution in [0.2, 0.25) is 0 Å². The third-order valence-corrected chi connectivity index (χ3v) is 5.07. The van der Waals surface area contributed by atoms with Gasteiger partial charge in [0.2, 0.25) is 0 Å². The monoisotopic (exact) mass is 292 g/mol. The van der Waals surface area contributed by atoms with Crippen LogP contribution in [-0.4, -0.2) is 23.0 Å². The number of carbonyl (C=O) groups excluding carboxylic acids is 1. The van der Waals surface area contributed by atoms with E-state index in [2.05, 4.69) is 4.98 Å². The smallest absolute Gasteiger partial charge is 0.260 e. The van der Waals surface area contributed by atoms with E-state index in [9.17, 15) is 9.90 Å². The molecular weight excluding hydrogens is 280 g/mol. The number of aromatic nitrogens is 1. The first kappa shape index (κ1) is 12.7. The molecule has 0 fully saturated rings. The third kappa shape index (κ3) is 2.16. The molecular formula is C13H12N2O2S2. The van der Waals surface area contributed by atoms with Crippen molar-refractivity contribution in [2.45, 2.75) is 22.3 Å². The number of aryl methyl sites for hydroxylation is 1. The van der Waals surface area contributed by atoms with Crippen LogP contribution in [0.15, 0.2) is 32.8 Å². The van der Waals surface area contributed by atoms with Gasteiger partial charge in [-0.2, -0.15) is 0 Å². The van der Waals surface area contributed by atoms with Crippen LogP contribution in [-0.2, 0) is 4.79 Å². The van der Waals surface area contributed by atoms with Gasteiger partial charge in [0, 0.05) is 28.6 Å². The summed E-state index contributed by atoms with van der Waals surface area (Å²) in [4.78, 5) is 18.6. The SMILES string of the molecule is Cc1csc(Sc2ccc3c(c2)N(C)C(=O)C3O)n1. The summed E-state index contributed by atoms with van der Waals surface area (Å²) < 4.78 is 0.977. The van der Waals surface area contributed by atoms with Crippen molar-refractivity contribution in [1.82, 2.24) is 4.98 Å². The molecule has 1 aromatic carbocycles. The number of anilines is 1. The summed E-state index contributed by atoms with van der Waals surface area (Å²) in [6.45, 7) is 1.96. The maximum Gasteiger partial charge on any atom is 0.260 e. The molecule has 1 aliphatic heterocycles. The van der Waals surface area contributed by atoms with E-state index in [1.807, 2.05) is 30.5 Å². The lowest BCUT2D eigenvalue weighted by Gasteiger charge is -2.10. The van der Waals surface area contributed by atoms with Crippen LogP contribution in [0, 0.1) is 6.92 Å². The molecule has 2 aromatic rings. The molecule has 1 atom stereocenters. The predicted octanol–water partition coefficient (Wildman–Crippen LogP) is 2.61. The van der Waals surface area contributed by atoms with Crippen LogP contribution in [0.3, 0.4) is 0 Å². The summed E-state index contributed by atoms with van der Waals surface area (Å²) in [6, 6.07) is 5.64. The molecule has 98 valence electrons. The molecule has 1 unspecified atom stereocenters. The maximum absolute atomic E-state index is 11.7. The van der Waals surface area contributed by atoms with Gasteiger partial charge >= 0.3 is 0 Å². The van der Waals surface area contributed by atoms with Crippen molar-refractivity contribution in [1.29, 1.82) is 0 Å². The summed E-state index contributed by atoms with van der Waals surface area (Å²) in [7, 11) is 1.68. The van der Waals surface area contributed by atoms with E-state index in [0.717, 1.165) is 20.6 Å². The number of aliphatic hydroxyl groups is 1. The van der Waals surface area contributed by atoms with Gasteiger partial charge in [0.25, 0.3) is 5.91 Å². The Morgan fingerprint density at radius 2 is 2.26 bits per heavy atom. The van der Waals surface area contributed by atoms with Gasteiger partial charge in [0.1, 0.15) is 0 Å². The molecule has 4 nitrogen and oxygen atoms in total. The second-order valence-electron chi connectivity index (χ2n) is 4.38. The number of benzene rings is 1. The number of aliphatic hydroxyl groups excluding tert-OH is 1. The summed E-state index contributed by atoms with van der Waals surface area (Å²) in [5.74, 6) is -0.276. The van der Waals surface area contributed by atoms with Crippen LogP contribution in [0.5, 0.6) is 0 Å². The lowest BCUT2D eigenvalue weighted by molar-refractivity contribution is -0.125. The van der Waals surface area contributed by atoms with E-state index in [1.165, 1.54) is 4.90 Å². The van der Waals surface area contributed by atoms with E-state index in [4.69, 9.17) is 0 Å². The Kier molecular flexibility index (Phi) is 3.08. The molecule has 1 aromatic heterocycles. The second-order valence-corrected chi connectivity index (χ2v) is 6.56. The number of nitrogens with zero attached hydrogens (tertiary/aromatic N) is 2. The molecule has 0 bridgehead atoms. The number of thiazole rings is 1. The zero-order valence-corrected chi connectivity index (χ0v) is 12.1. The van der Waals surface area contributed by atoms with Crippen molar-refractivity contribution >= 4 is 34.7 Å². The maximum atomic E-state index is 11.7. The van der Waals surface area contributed by atoms with E-state index in [-0.39, 0.29) is 5.91 Å². The topological polar surface area (TPSA) is 53.4 Å². The predicted molar refractivity (Wildman–Crippen MR) is 75.8 cm³/mol. The first-order valence-electron chi connectivity index (χ1n) is 5.76. The molecule has 3 rings (SSSR count). The zero-order chi connectivity index (χ0) is 13.6. The van der Waals surface area contributed by atoms with E-state index < -0.39 is 6.10 Å². The minimum Gasteiger partial charge on any atom is -0.378 e. The average molecular weight is 292 g/mol. The van der Waals surface area contributed by atoms with Crippen molar-refractivity contribution < 1.29 is 9.90 Å². The Labute approximate surface area is 119 Å². The lowest BCUT2D eigenvalue weighted by Crippen LogP contribution is -2.23. The van der Waals surface area contributed by atoms with E-state index in [0.29, 0.717) is 5.56 Å². The molecule has 1 N–H and O–H groups in total. The molecule has 0 radical (unpaired) electrons. The molecule has 19 heavy (non-hydrogen) atoms. The fourth-order valence-corrected chi connectivity index (χ4v) is 3.87. The van der Waals surface area contributed by atoms with Gasteiger partial charge < -0.3 is 10.0 Å². The third-order valence-electron chi connectivity index (χ3n) is 3.03. The fourth-order valence-electron chi connectivity index (χ4n) is 2.02. The van der Waals surface area contributed by atoms with Gasteiger partial charge in [-0.1, -0.05) is 17.8 Å². The van der Waals surface area contributed by atoms with Crippen LogP contribution in [0.25, 0.3) is 0 Å². The molecule has 0 aliphatic carbocycles. The quantitative estimate of drug-likeness (QED) is 0.924. The summed E-state index contributed by atoms with van der Waals surface area (Å²) in [5.41, 5.74) is 2.46. The highest BCUT2D eigenvalue weighted by molar-refractivity contribution is 8.01. The summed E-state index contributed by atoms with van der Waals surface area (Å²) in [6.07, 6.45) is -1.03. The Morgan fingerprint density at radius 1 is 1.47 bits per heavy atom. The number of hydrogen-bond acceptors (Lipinski definition) is 5. The van der Waals surface area contributed by atoms with Crippen LogP contribution in [0.4, 0.5) is 5.69 Å². The Balaban J connectivity index is 1.92. The molecule has 6 heteroatoms. The van der Waals surface area contributed by atoms with Crippen molar-refractivity contribution in [3.05, 3.63) is 34.8 Å². The fraction of sp³-hybridized carbons (Fsp3) is 0.231. The van der Waals surface area contributed by atoms with Gasteiger partial charge in [0.05, 0.1) is 5.69 Å².